The van der Waals surface area contributed by atoms with Crippen molar-refractivity contribution in [3.8, 4) is 0 Å². The van der Waals surface area contributed by atoms with Crippen LogP contribution >= 0.6 is 0 Å². The second-order valence-electron chi connectivity index (χ2n) is 5.76. The topological polar surface area (TPSA) is 95.9 Å². The Kier molecular flexibility index (Phi) is 4.68. The minimum atomic E-state index is -3.64. The number of carboxylic acids is 1. The van der Waals surface area contributed by atoms with Crippen molar-refractivity contribution in [1.29, 1.82) is 0 Å². The molecule has 0 saturated carbocycles. The van der Waals surface area contributed by atoms with E-state index in [0.29, 0.717) is 26.0 Å². The standard InChI is InChI=1S/C12H22N2O5S/c1-12(5-3-7-19-12)9-13-20(17,18)14-6-2-4-10(8-14)11(15)16/h10,13H,2-9H2,1H3,(H,15,16). The summed E-state index contributed by atoms with van der Waals surface area (Å²) in [5, 5.41) is 9.00. The van der Waals surface area contributed by atoms with Gasteiger partial charge in [0.15, 0.2) is 0 Å². The molecule has 20 heavy (non-hydrogen) atoms. The number of carboxylic acid groups (broad SMARTS) is 1. The number of rotatable bonds is 5. The molecule has 0 bridgehead atoms. The number of hydrogen-bond acceptors (Lipinski definition) is 4. The van der Waals surface area contributed by atoms with Gasteiger partial charge >= 0.3 is 5.97 Å². The first-order valence-corrected chi connectivity index (χ1v) is 8.38. The van der Waals surface area contributed by atoms with Crippen LogP contribution in [0, 0.1) is 5.92 Å². The summed E-state index contributed by atoms with van der Waals surface area (Å²) in [5.41, 5.74) is -0.449. The van der Waals surface area contributed by atoms with Gasteiger partial charge in [0.1, 0.15) is 0 Å². The third-order valence-electron chi connectivity index (χ3n) is 4.00. The Labute approximate surface area is 119 Å². The molecule has 0 amide bonds. The molecular formula is C12H22N2O5S. The summed E-state index contributed by atoms with van der Waals surface area (Å²) in [6.07, 6.45) is 2.87. The van der Waals surface area contributed by atoms with E-state index in [-0.39, 0.29) is 13.1 Å². The molecule has 0 spiro atoms. The molecule has 2 aliphatic rings. The Morgan fingerprint density at radius 1 is 1.50 bits per heavy atom. The molecule has 116 valence electrons. The van der Waals surface area contributed by atoms with Crippen LogP contribution in [0.1, 0.15) is 32.6 Å². The molecule has 2 aliphatic heterocycles. The van der Waals surface area contributed by atoms with E-state index in [1.165, 1.54) is 4.31 Å². The van der Waals surface area contributed by atoms with Crippen molar-refractivity contribution in [3.63, 3.8) is 0 Å². The van der Waals surface area contributed by atoms with Crippen LogP contribution < -0.4 is 4.72 Å². The molecule has 2 heterocycles. The van der Waals surface area contributed by atoms with Gasteiger partial charge in [0.2, 0.25) is 0 Å². The summed E-state index contributed by atoms with van der Waals surface area (Å²) in [6.45, 7) is 3.18. The highest BCUT2D eigenvalue weighted by Crippen LogP contribution is 2.25. The summed E-state index contributed by atoms with van der Waals surface area (Å²) in [7, 11) is -3.64. The maximum absolute atomic E-state index is 12.2. The lowest BCUT2D eigenvalue weighted by Gasteiger charge is -2.31. The van der Waals surface area contributed by atoms with Crippen molar-refractivity contribution in [2.75, 3.05) is 26.2 Å². The molecule has 0 aromatic heterocycles. The van der Waals surface area contributed by atoms with E-state index < -0.39 is 27.7 Å². The summed E-state index contributed by atoms with van der Waals surface area (Å²) < 4.78 is 33.8. The summed E-state index contributed by atoms with van der Waals surface area (Å²) in [6, 6.07) is 0. The smallest absolute Gasteiger partial charge is 0.307 e. The van der Waals surface area contributed by atoms with Crippen LogP contribution in [0.2, 0.25) is 0 Å². The molecule has 2 N–H and O–H groups in total. The van der Waals surface area contributed by atoms with E-state index in [9.17, 15) is 13.2 Å². The molecule has 0 radical (unpaired) electrons. The molecule has 2 atom stereocenters. The Balaban J connectivity index is 1.94. The van der Waals surface area contributed by atoms with Crippen LogP contribution in [0.3, 0.4) is 0 Å². The molecular weight excluding hydrogens is 284 g/mol. The lowest BCUT2D eigenvalue weighted by molar-refractivity contribution is -0.142. The minimum Gasteiger partial charge on any atom is -0.481 e. The zero-order chi connectivity index (χ0) is 14.8. The number of nitrogens with zero attached hydrogens (tertiary/aromatic N) is 1. The molecule has 0 aromatic carbocycles. The largest absolute Gasteiger partial charge is 0.481 e. The minimum absolute atomic E-state index is 0.0439. The van der Waals surface area contributed by atoms with Gasteiger partial charge in [0.05, 0.1) is 11.5 Å². The third kappa shape index (κ3) is 3.69. The van der Waals surface area contributed by atoms with Crippen molar-refractivity contribution >= 4 is 16.2 Å². The Bertz CT molecular complexity index is 458. The van der Waals surface area contributed by atoms with Gasteiger partial charge in [-0.05, 0) is 32.6 Å². The van der Waals surface area contributed by atoms with E-state index in [2.05, 4.69) is 4.72 Å². The lowest BCUT2D eigenvalue weighted by atomic mass is 10.0. The predicted molar refractivity (Wildman–Crippen MR) is 72.4 cm³/mol. The second kappa shape index (κ2) is 5.97. The van der Waals surface area contributed by atoms with Gasteiger partial charge in [-0.25, -0.2) is 0 Å². The highest BCUT2D eigenvalue weighted by atomic mass is 32.2. The summed E-state index contributed by atoms with van der Waals surface area (Å²) in [5.74, 6) is -1.55. The van der Waals surface area contributed by atoms with Crippen molar-refractivity contribution in [2.24, 2.45) is 5.92 Å². The molecule has 8 heteroatoms. The number of piperidine rings is 1. The summed E-state index contributed by atoms with van der Waals surface area (Å²) in [4.78, 5) is 11.0. The fourth-order valence-electron chi connectivity index (χ4n) is 2.67. The first-order chi connectivity index (χ1) is 9.32. The zero-order valence-corrected chi connectivity index (χ0v) is 12.5. The van der Waals surface area contributed by atoms with Gasteiger partial charge in [-0.3, -0.25) is 4.79 Å². The Hall–Kier alpha value is -0.700. The van der Waals surface area contributed by atoms with Crippen LogP contribution in [0.15, 0.2) is 0 Å². The first kappa shape index (κ1) is 15.7. The average molecular weight is 306 g/mol. The molecule has 0 aromatic rings. The van der Waals surface area contributed by atoms with E-state index >= 15 is 0 Å². The van der Waals surface area contributed by atoms with Crippen LogP contribution in [-0.2, 0) is 19.7 Å². The van der Waals surface area contributed by atoms with E-state index in [1.54, 1.807) is 0 Å². The molecule has 7 nitrogen and oxygen atoms in total. The third-order valence-corrected chi connectivity index (χ3v) is 5.52. The van der Waals surface area contributed by atoms with Crippen molar-refractivity contribution < 1.29 is 23.1 Å². The van der Waals surface area contributed by atoms with Crippen molar-refractivity contribution in [3.05, 3.63) is 0 Å². The van der Waals surface area contributed by atoms with E-state index in [4.69, 9.17) is 9.84 Å². The number of aliphatic carboxylic acids is 1. The molecule has 2 unspecified atom stereocenters. The first-order valence-electron chi connectivity index (χ1n) is 6.94. The predicted octanol–water partition coefficient (Wildman–Crippen LogP) is 0.187. The van der Waals surface area contributed by atoms with E-state index in [0.717, 1.165) is 12.8 Å². The highest BCUT2D eigenvalue weighted by Gasteiger charge is 2.35. The lowest BCUT2D eigenvalue weighted by Crippen LogP contribution is -2.50. The number of carbonyl (C=O) groups is 1. The number of hydrogen-bond donors (Lipinski definition) is 2. The zero-order valence-electron chi connectivity index (χ0n) is 11.7. The quantitative estimate of drug-likeness (QED) is 0.756. The monoisotopic (exact) mass is 306 g/mol. The second-order valence-corrected chi connectivity index (χ2v) is 7.52. The number of nitrogens with one attached hydrogen (secondary N) is 1. The molecule has 2 rings (SSSR count). The van der Waals surface area contributed by atoms with E-state index in [1.807, 2.05) is 6.92 Å². The van der Waals surface area contributed by atoms with Gasteiger partial charge in [0.25, 0.3) is 10.2 Å². The van der Waals surface area contributed by atoms with Gasteiger partial charge in [-0.2, -0.15) is 17.4 Å². The van der Waals surface area contributed by atoms with Gasteiger partial charge in [-0.15, -0.1) is 0 Å². The van der Waals surface area contributed by atoms with Crippen LogP contribution in [0.25, 0.3) is 0 Å². The SMILES string of the molecule is CC1(CNS(=O)(=O)N2CCCC(C(=O)O)C2)CCCO1. The molecule has 0 aliphatic carbocycles. The Morgan fingerprint density at radius 2 is 2.25 bits per heavy atom. The maximum Gasteiger partial charge on any atom is 0.307 e. The highest BCUT2D eigenvalue weighted by molar-refractivity contribution is 7.87. The van der Waals surface area contributed by atoms with Crippen LogP contribution in [0.5, 0.6) is 0 Å². The average Bonchev–Trinajstić information content (AvgIpc) is 2.84. The van der Waals surface area contributed by atoms with Crippen molar-refractivity contribution in [1.82, 2.24) is 9.03 Å². The van der Waals surface area contributed by atoms with Gasteiger partial charge < -0.3 is 9.84 Å². The maximum atomic E-state index is 12.2. The Morgan fingerprint density at radius 3 is 2.85 bits per heavy atom. The van der Waals surface area contributed by atoms with Gasteiger partial charge in [-0.1, -0.05) is 0 Å². The normalized spacial score (nSPS) is 32.4. The van der Waals surface area contributed by atoms with Crippen LogP contribution in [0.4, 0.5) is 0 Å². The number of ether oxygens (including phenoxy) is 1. The van der Waals surface area contributed by atoms with Crippen LogP contribution in [-0.4, -0.2) is 55.6 Å². The summed E-state index contributed by atoms with van der Waals surface area (Å²) >= 11 is 0. The fraction of sp³-hybridized carbons (Fsp3) is 0.917. The van der Waals surface area contributed by atoms with Crippen molar-refractivity contribution in [2.45, 2.75) is 38.2 Å². The fourth-order valence-corrected chi connectivity index (χ4v) is 4.09. The molecule has 2 saturated heterocycles. The van der Waals surface area contributed by atoms with Gasteiger partial charge in [0, 0.05) is 26.2 Å². The molecule has 2 fully saturated rings.